The lowest BCUT2D eigenvalue weighted by Crippen LogP contribution is -2.16. The Hall–Kier alpha value is -1.64. The first-order valence-electron chi connectivity index (χ1n) is 6.11. The molecule has 3 rings (SSSR count). The minimum Gasteiger partial charge on any atom is -0.497 e. The van der Waals surface area contributed by atoms with Crippen molar-refractivity contribution in [2.75, 3.05) is 13.7 Å². The molecule has 0 spiro atoms. The second-order valence-corrected chi connectivity index (χ2v) is 4.62. The summed E-state index contributed by atoms with van der Waals surface area (Å²) in [7, 11) is 1.69. The van der Waals surface area contributed by atoms with Gasteiger partial charge >= 0.3 is 0 Å². The zero-order valence-electron chi connectivity index (χ0n) is 10.3. The van der Waals surface area contributed by atoms with Crippen LogP contribution >= 0.6 is 0 Å². The zero-order valence-corrected chi connectivity index (χ0v) is 10.3. The van der Waals surface area contributed by atoms with E-state index in [-0.39, 0.29) is 6.04 Å². The lowest BCUT2D eigenvalue weighted by molar-refractivity contribution is -0.392. The van der Waals surface area contributed by atoms with Crippen LogP contribution in [0.4, 0.5) is 0 Å². The summed E-state index contributed by atoms with van der Waals surface area (Å²) in [5, 5.41) is 0. The minimum absolute atomic E-state index is 0.219. The molecule has 3 heteroatoms. The Bertz CT molecular complexity index is 499. The van der Waals surface area contributed by atoms with E-state index in [0.717, 1.165) is 18.7 Å². The van der Waals surface area contributed by atoms with Gasteiger partial charge in [-0.3, -0.25) is 0 Å². The Balaban J connectivity index is 1.93. The van der Waals surface area contributed by atoms with Crippen LogP contribution in [0.3, 0.4) is 0 Å². The zero-order chi connectivity index (χ0) is 11.8. The van der Waals surface area contributed by atoms with E-state index in [1.807, 2.05) is 12.1 Å². The van der Waals surface area contributed by atoms with Gasteiger partial charge in [0.1, 0.15) is 11.5 Å². The Morgan fingerprint density at radius 2 is 2.06 bits per heavy atom. The molecule has 0 saturated carbocycles. The first-order chi connectivity index (χ1) is 8.29. The third kappa shape index (κ3) is 1.66. The van der Waals surface area contributed by atoms with Crippen LogP contribution in [0.2, 0.25) is 0 Å². The van der Waals surface area contributed by atoms with Crippen LogP contribution < -0.4 is 4.74 Å². The molecule has 1 aromatic carbocycles. The Morgan fingerprint density at radius 1 is 1.29 bits per heavy atom. The van der Waals surface area contributed by atoms with E-state index in [9.17, 15) is 0 Å². The van der Waals surface area contributed by atoms with Crippen LogP contribution in [-0.2, 0) is 0 Å². The number of amidine groups is 1. The average Bonchev–Trinajstić information content (AvgIpc) is 2.93. The predicted molar refractivity (Wildman–Crippen MR) is 68.2 cm³/mol. The number of methoxy groups -OCH3 is 1. The molecule has 0 radical (unpaired) electrons. The number of aliphatic imine (C=N–C) groups is 1. The number of rotatable bonds is 2. The van der Waals surface area contributed by atoms with E-state index in [4.69, 9.17) is 9.73 Å². The summed E-state index contributed by atoms with van der Waals surface area (Å²) in [4.78, 5) is 4.82. The predicted octanol–water partition coefficient (Wildman–Crippen LogP) is 2.42. The van der Waals surface area contributed by atoms with Gasteiger partial charge in [0, 0.05) is 5.56 Å². The molecule has 1 saturated heterocycles. The fourth-order valence-corrected chi connectivity index (χ4v) is 2.67. The Morgan fingerprint density at radius 3 is 2.71 bits per heavy atom. The van der Waals surface area contributed by atoms with Crippen molar-refractivity contribution in [1.29, 1.82) is 0 Å². The molecular weight excluding hydrogens is 212 g/mol. The molecule has 0 amide bonds. The van der Waals surface area contributed by atoms with E-state index in [0.29, 0.717) is 0 Å². The lowest BCUT2D eigenvalue weighted by atomic mass is 10.0. The number of ether oxygens (including phenoxy) is 1. The van der Waals surface area contributed by atoms with E-state index in [1.165, 1.54) is 23.5 Å². The quantitative estimate of drug-likeness (QED) is 0.715. The lowest BCUT2D eigenvalue weighted by Gasteiger charge is -2.05. The molecule has 2 aliphatic rings. The van der Waals surface area contributed by atoms with Gasteiger partial charge < -0.3 is 4.74 Å². The van der Waals surface area contributed by atoms with Crippen molar-refractivity contribution in [1.82, 2.24) is 0 Å². The van der Waals surface area contributed by atoms with Crippen LogP contribution in [0.25, 0.3) is 0 Å². The third-order valence-corrected chi connectivity index (χ3v) is 3.62. The van der Waals surface area contributed by atoms with Gasteiger partial charge in [0.05, 0.1) is 20.1 Å². The van der Waals surface area contributed by atoms with Gasteiger partial charge in [-0.1, -0.05) is 17.1 Å². The molecular formula is C14H17N2O+. The van der Waals surface area contributed by atoms with E-state index >= 15 is 0 Å². The van der Waals surface area contributed by atoms with Crippen molar-refractivity contribution in [2.45, 2.75) is 25.8 Å². The SMILES string of the molecule is COc1ccc(C2N=C3CCC[N+]3=C2C)cc1. The third-order valence-electron chi connectivity index (χ3n) is 3.62. The van der Waals surface area contributed by atoms with Gasteiger partial charge in [0.15, 0.2) is 0 Å². The molecule has 1 aromatic rings. The van der Waals surface area contributed by atoms with E-state index in [2.05, 4.69) is 23.6 Å². The molecule has 88 valence electrons. The van der Waals surface area contributed by atoms with E-state index < -0.39 is 0 Å². The summed E-state index contributed by atoms with van der Waals surface area (Å²) in [6.45, 7) is 3.33. The van der Waals surface area contributed by atoms with Gasteiger partial charge in [-0.15, -0.1) is 0 Å². The molecule has 3 nitrogen and oxygen atoms in total. The molecule has 17 heavy (non-hydrogen) atoms. The van der Waals surface area contributed by atoms with Crippen molar-refractivity contribution >= 4 is 11.5 Å². The molecule has 2 aliphatic heterocycles. The monoisotopic (exact) mass is 229 g/mol. The highest BCUT2D eigenvalue weighted by Crippen LogP contribution is 2.28. The van der Waals surface area contributed by atoms with Crippen molar-refractivity contribution in [3.63, 3.8) is 0 Å². The van der Waals surface area contributed by atoms with Crippen LogP contribution in [0, 0.1) is 0 Å². The topological polar surface area (TPSA) is 24.6 Å². The molecule has 0 aromatic heterocycles. The summed E-state index contributed by atoms with van der Waals surface area (Å²) in [5.74, 6) is 2.17. The van der Waals surface area contributed by atoms with Crippen LogP contribution in [0.5, 0.6) is 5.75 Å². The highest BCUT2D eigenvalue weighted by molar-refractivity contribution is 5.96. The molecule has 1 atom stereocenters. The van der Waals surface area contributed by atoms with E-state index in [1.54, 1.807) is 7.11 Å². The summed E-state index contributed by atoms with van der Waals surface area (Å²) in [6.07, 6.45) is 2.37. The van der Waals surface area contributed by atoms with Gasteiger partial charge in [-0.25, -0.2) is 4.58 Å². The normalized spacial score (nSPS) is 22.7. The van der Waals surface area contributed by atoms with Gasteiger partial charge in [0.2, 0.25) is 6.04 Å². The minimum atomic E-state index is 0.219. The van der Waals surface area contributed by atoms with Crippen molar-refractivity contribution in [2.24, 2.45) is 4.99 Å². The number of nitrogens with zero attached hydrogens (tertiary/aromatic N) is 2. The molecule has 1 unspecified atom stereocenters. The maximum atomic E-state index is 5.18. The highest BCUT2D eigenvalue weighted by Gasteiger charge is 2.37. The second kappa shape index (κ2) is 3.99. The number of hydrogen-bond acceptors (Lipinski definition) is 2. The summed E-state index contributed by atoms with van der Waals surface area (Å²) < 4.78 is 7.55. The molecule has 0 N–H and O–H groups in total. The summed E-state index contributed by atoms with van der Waals surface area (Å²) in [5.41, 5.74) is 2.62. The molecule has 2 heterocycles. The van der Waals surface area contributed by atoms with Crippen molar-refractivity contribution in [3.8, 4) is 5.75 Å². The van der Waals surface area contributed by atoms with Crippen LogP contribution in [0.15, 0.2) is 29.3 Å². The standard InChI is InChI=1S/C14H17N2O/c1-10-14(15-13-4-3-9-16(10)13)11-5-7-12(17-2)8-6-11/h5-8,14H,3-4,9H2,1-2H3/q+1. The maximum absolute atomic E-state index is 5.18. The smallest absolute Gasteiger partial charge is 0.293 e. The first-order valence-corrected chi connectivity index (χ1v) is 6.11. The van der Waals surface area contributed by atoms with Crippen LogP contribution in [-0.4, -0.2) is 29.8 Å². The first kappa shape index (κ1) is 10.5. The number of hydrogen-bond donors (Lipinski definition) is 0. The van der Waals surface area contributed by atoms with Gasteiger partial charge in [-0.05, 0) is 25.5 Å². The molecule has 1 fully saturated rings. The second-order valence-electron chi connectivity index (χ2n) is 4.62. The fraction of sp³-hybridized carbons (Fsp3) is 0.429. The van der Waals surface area contributed by atoms with Gasteiger partial charge in [-0.2, -0.15) is 0 Å². The molecule has 0 aliphatic carbocycles. The van der Waals surface area contributed by atoms with Gasteiger partial charge in [0.25, 0.3) is 5.84 Å². The highest BCUT2D eigenvalue weighted by atomic mass is 16.5. The van der Waals surface area contributed by atoms with Crippen LogP contribution in [0.1, 0.15) is 31.4 Å². The number of benzene rings is 1. The van der Waals surface area contributed by atoms with Crippen molar-refractivity contribution in [3.05, 3.63) is 29.8 Å². The summed E-state index contributed by atoms with van der Waals surface area (Å²) >= 11 is 0. The fourth-order valence-electron chi connectivity index (χ4n) is 2.67. The summed E-state index contributed by atoms with van der Waals surface area (Å²) in [6, 6.07) is 8.45. The maximum Gasteiger partial charge on any atom is 0.293 e. The number of fused-ring (bicyclic) bond motifs is 1. The molecule has 0 bridgehead atoms. The Kier molecular flexibility index (Phi) is 2.46. The largest absolute Gasteiger partial charge is 0.497 e. The van der Waals surface area contributed by atoms with Crippen molar-refractivity contribution < 1.29 is 9.31 Å². The average molecular weight is 229 g/mol. The Labute approximate surface area is 101 Å².